The van der Waals surface area contributed by atoms with E-state index in [4.69, 9.17) is 0 Å². The van der Waals surface area contributed by atoms with Crippen LogP contribution in [0.5, 0.6) is 5.75 Å². The van der Waals surface area contributed by atoms with E-state index in [1.165, 1.54) is 11.3 Å². The Morgan fingerprint density at radius 3 is 2.90 bits per heavy atom. The van der Waals surface area contributed by atoms with Gasteiger partial charge in [0.1, 0.15) is 16.7 Å². The van der Waals surface area contributed by atoms with Gasteiger partial charge in [0.15, 0.2) is 11.4 Å². The fourth-order valence-corrected chi connectivity index (χ4v) is 5.39. The fourth-order valence-electron chi connectivity index (χ4n) is 4.42. The predicted molar refractivity (Wildman–Crippen MR) is 108 cm³/mol. The molecule has 0 aromatic carbocycles. The van der Waals surface area contributed by atoms with Crippen LogP contribution in [0.2, 0.25) is 0 Å². The molecule has 3 aliphatic rings. The number of aromatic hydroxyl groups is 1. The highest BCUT2D eigenvalue weighted by atomic mass is 32.1. The Morgan fingerprint density at radius 2 is 2.10 bits per heavy atom. The number of halogens is 2. The Kier molecular flexibility index (Phi) is 4.57. The molecule has 2 aliphatic heterocycles. The zero-order valence-corrected chi connectivity index (χ0v) is 16.8. The molecule has 156 valence electrons. The number of nitrogens with zero attached hydrogens (tertiary/aromatic N) is 3. The number of carbonyl (C=O) groups excluding carboxylic acids is 1. The van der Waals surface area contributed by atoms with Crippen molar-refractivity contribution in [3.8, 4) is 16.3 Å². The van der Waals surface area contributed by atoms with Gasteiger partial charge in [0, 0.05) is 49.3 Å². The van der Waals surface area contributed by atoms with Gasteiger partial charge in [-0.1, -0.05) is 0 Å². The molecule has 1 fully saturated rings. The summed E-state index contributed by atoms with van der Waals surface area (Å²) in [5, 5.41) is 10.9. The molecule has 1 saturated heterocycles. The summed E-state index contributed by atoms with van der Waals surface area (Å²) in [6.07, 6.45) is 6.66. The Labute approximate surface area is 174 Å². The van der Waals surface area contributed by atoms with E-state index in [1.54, 1.807) is 21.9 Å². The number of rotatable bonds is 3. The number of carbonyl (C=O) groups is 1. The molecule has 0 spiro atoms. The van der Waals surface area contributed by atoms with Crippen molar-refractivity contribution in [3.63, 3.8) is 0 Å². The maximum absolute atomic E-state index is 14.0. The summed E-state index contributed by atoms with van der Waals surface area (Å²) in [5.41, 5.74) is 0.113. The van der Waals surface area contributed by atoms with Crippen molar-refractivity contribution in [2.75, 3.05) is 6.54 Å². The van der Waals surface area contributed by atoms with Gasteiger partial charge < -0.3 is 14.6 Å². The molecule has 9 heteroatoms. The Hall–Kier alpha value is -2.81. The maximum Gasteiger partial charge on any atom is 0.274 e. The standard InChI is InChI=1S/C21H19F2N3O3S/c22-12-4-3-11(16(23)7-12)6-14-8-24-20(30-14)15-10-25-9-13-2-1-5-26(13)21(29)17(25)19(28)18(15)27/h7-8,10,13,28H,1-6,9H2. The molecule has 2 aromatic rings. The smallest absolute Gasteiger partial charge is 0.274 e. The first-order valence-corrected chi connectivity index (χ1v) is 10.7. The van der Waals surface area contributed by atoms with E-state index in [-0.39, 0.29) is 29.6 Å². The molecule has 1 atom stereocenters. The summed E-state index contributed by atoms with van der Waals surface area (Å²) >= 11 is 1.23. The summed E-state index contributed by atoms with van der Waals surface area (Å²) < 4.78 is 28.8. The number of amides is 1. The zero-order chi connectivity index (χ0) is 21.0. The summed E-state index contributed by atoms with van der Waals surface area (Å²) in [6.45, 7) is 1.16. The number of allylic oxidation sites excluding steroid dienone is 4. The van der Waals surface area contributed by atoms with E-state index in [0.29, 0.717) is 36.5 Å². The molecule has 30 heavy (non-hydrogen) atoms. The highest BCUT2D eigenvalue weighted by Crippen LogP contribution is 2.34. The lowest BCUT2D eigenvalue weighted by Gasteiger charge is -2.32. The van der Waals surface area contributed by atoms with Crippen molar-refractivity contribution in [1.29, 1.82) is 0 Å². The van der Waals surface area contributed by atoms with Crippen molar-refractivity contribution >= 4 is 17.2 Å². The van der Waals surface area contributed by atoms with Crippen LogP contribution in [0.3, 0.4) is 0 Å². The van der Waals surface area contributed by atoms with Gasteiger partial charge >= 0.3 is 0 Å². The van der Waals surface area contributed by atoms with E-state index in [1.807, 2.05) is 0 Å². The monoisotopic (exact) mass is 431 g/mol. The van der Waals surface area contributed by atoms with E-state index in [2.05, 4.69) is 4.98 Å². The lowest BCUT2D eigenvalue weighted by atomic mass is 10.00. The maximum atomic E-state index is 14.0. The van der Waals surface area contributed by atoms with Crippen LogP contribution >= 0.6 is 11.3 Å². The third-order valence-corrected chi connectivity index (χ3v) is 6.99. The first-order valence-electron chi connectivity index (χ1n) is 9.88. The van der Waals surface area contributed by atoms with Crippen molar-refractivity contribution in [2.24, 2.45) is 0 Å². The van der Waals surface area contributed by atoms with E-state index < -0.39 is 22.8 Å². The number of aromatic nitrogens is 2. The topological polar surface area (TPSA) is 75.4 Å². The van der Waals surface area contributed by atoms with Gasteiger partial charge in [-0.3, -0.25) is 9.59 Å². The Balaban J connectivity index is 1.49. The molecule has 5 rings (SSSR count). The number of thiazole rings is 1. The molecule has 1 N–H and O–H groups in total. The second-order valence-electron chi connectivity index (χ2n) is 7.87. The summed E-state index contributed by atoms with van der Waals surface area (Å²) in [4.78, 5) is 32.3. The normalized spacial score (nSPS) is 21.0. The van der Waals surface area contributed by atoms with Crippen LogP contribution < -0.4 is 5.43 Å². The molecular formula is C21H19F2N3O3S. The van der Waals surface area contributed by atoms with E-state index >= 15 is 0 Å². The zero-order valence-electron chi connectivity index (χ0n) is 16.0. The highest BCUT2D eigenvalue weighted by molar-refractivity contribution is 7.15. The molecule has 1 amide bonds. The van der Waals surface area contributed by atoms with Crippen LogP contribution in [0.25, 0.3) is 10.6 Å². The molecule has 1 aliphatic carbocycles. The largest absolute Gasteiger partial charge is 0.503 e. The number of pyridine rings is 1. The fraction of sp³-hybridized carbons (Fsp3) is 0.381. The lowest BCUT2D eigenvalue weighted by Crippen LogP contribution is -2.45. The third-order valence-electron chi connectivity index (χ3n) is 5.96. The summed E-state index contributed by atoms with van der Waals surface area (Å²) in [7, 11) is 0. The highest BCUT2D eigenvalue weighted by Gasteiger charge is 2.38. The molecule has 0 saturated carbocycles. The van der Waals surface area contributed by atoms with Gasteiger partial charge in [-0.2, -0.15) is 0 Å². The van der Waals surface area contributed by atoms with Crippen molar-refractivity contribution in [2.45, 2.75) is 44.7 Å². The van der Waals surface area contributed by atoms with Crippen LogP contribution in [-0.4, -0.2) is 38.1 Å². The third kappa shape index (κ3) is 3.08. The van der Waals surface area contributed by atoms with Gasteiger partial charge in [-0.15, -0.1) is 11.3 Å². The van der Waals surface area contributed by atoms with Crippen LogP contribution in [0.4, 0.5) is 8.78 Å². The van der Waals surface area contributed by atoms with E-state index in [0.717, 1.165) is 23.8 Å². The quantitative estimate of drug-likeness (QED) is 0.804. The average Bonchev–Trinajstić information content (AvgIpc) is 3.36. The molecule has 6 nitrogen and oxygen atoms in total. The summed E-state index contributed by atoms with van der Waals surface area (Å²) in [6, 6.07) is 0.0706. The lowest BCUT2D eigenvalue weighted by molar-refractivity contribution is 0.0661. The minimum absolute atomic E-state index is 0.0296. The van der Waals surface area contributed by atoms with E-state index in [9.17, 15) is 23.5 Å². The predicted octanol–water partition coefficient (Wildman–Crippen LogP) is 3.71. The van der Waals surface area contributed by atoms with Crippen LogP contribution in [-0.2, 0) is 13.0 Å². The van der Waals surface area contributed by atoms with Crippen LogP contribution in [0, 0.1) is 0 Å². The number of fused-ring (bicyclic) bond motifs is 2. The first-order chi connectivity index (χ1) is 14.4. The SMILES string of the molecule is O=C1c2c(O)c(=O)c(-c3ncc(CC4=C(F)C=C(F)CC4)s3)cn2CC2CCCN12. The van der Waals surface area contributed by atoms with Gasteiger partial charge in [-0.05, 0) is 24.8 Å². The van der Waals surface area contributed by atoms with Crippen molar-refractivity contribution in [3.05, 3.63) is 56.5 Å². The second-order valence-corrected chi connectivity index (χ2v) is 8.98. The minimum atomic E-state index is -0.638. The molecule has 4 heterocycles. The van der Waals surface area contributed by atoms with Crippen molar-refractivity contribution in [1.82, 2.24) is 14.5 Å². The van der Waals surface area contributed by atoms with Crippen LogP contribution in [0.15, 0.2) is 40.5 Å². The second kappa shape index (κ2) is 7.16. The van der Waals surface area contributed by atoms with Gasteiger partial charge in [0.2, 0.25) is 5.43 Å². The molecular weight excluding hydrogens is 412 g/mol. The van der Waals surface area contributed by atoms with Crippen LogP contribution in [0.1, 0.15) is 41.0 Å². The number of hydrogen-bond donors (Lipinski definition) is 1. The summed E-state index contributed by atoms with van der Waals surface area (Å²) in [5.74, 6) is -1.89. The average molecular weight is 431 g/mol. The van der Waals surface area contributed by atoms with Gasteiger partial charge in [0.25, 0.3) is 5.91 Å². The molecule has 0 radical (unpaired) electrons. The van der Waals surface area contributed by atoms with Gasteiger partial charge in [0.05, 0.1) is 11.6 Å². The minimum Gasteiger partial charge on any atom is -0.503 e. The van der Waals surface area contributed by atoms with Gasteiger partial charge in [-0.25, -0.2) is 13.8 Å². The Bertz CT molecular complexity index is 1180. The molecule has 1 unspecified atom stereocenters. The first kappa shape index (κ1) is 19.2. The molecule has 0 bridgehead atoms. The number of hydrogen-bond acceptors (Lipinski definition) is 5. The Morgan fingerprint density at radius 1 is 1.27 bits per heavy atom. The molecule has 2 aromatic heterocycles. The van der Waals surface area contributed by atoms with Crippen molar-refractivity contribution < 1.29 is 18.7 Å².